The fourth-order valence-electron chi connectivity index (χ4n) is 2.46. The van der Waals surface area contributed by atoms with E-state index in [0.717, 1.165) is 11.1 Å². The maximum Gasteiger partial charge on any atom is 0.230 e. The van der Waals surface area contributed by atoms with E-state index in [0.29, 0.717) is 17.7 Å². The molecule has 0 fully saturated rings. The van der Waals surface area contributed by atoms with Crippen LogP contribution in [0.2, 0.25) is 0 Å². The molecule has 22 heavy (non-hydrogen) atoms. The average molecular weight is 290 g/mol. The summed E-state index contributed by atoms with van der Waals surface area (Å²) in [6.07, 6.45) is -0.303. The Kier molecular flexibility index (Phi) is 2.86. The molecule has 2 heterocycles. The molecule has 6 nitrogen and oxygen atoms in total. The van der Waals surface area contributed by atoms with Gasteiger partial charge in [-0.05, 0) is 5.56 Å². The predicted molar refractivity (Wildman–Crippen MR) is 85.3 cm³/mol. The first-order valence-corrected chi connectivity index (χ1v) is 6.98. The number of nitrogens with zero attached hydrogens (tertiary/aromatic N) is 4. The van der Waals surface area contributed by atoms with E-state index in [1.165, 1.54) is 0 Å². The van der Waals surface area contributed by atoms with Crippen molar-refractivity contribution in [3.05, 3.63) is 66.2 Å². The standard InChI is InChI=1S/C16H14N6/c17-15-19-14(12-9-5-2-6-10-12)22-16(20-15)18-13(21-22)11-7-3-1-4-8-11/h1-10,14H,(H3,17,18,19,20,21). The highest BCUT2D eigenvalue weighted by molar-refractivity contribution is 5.92. The number of aromatic nitrogens is 3. The monoisotopic (exact) mass is 290 g/mol. The third-order valence-electron chi connectivity index (χ3n) is 3.49. The summed E-state index contributed by atoms with van der Waals surface area (Å²) in [5.41, 5.74) is 7.85. The maximum absolute atomic E-state index is 5.88. The number of guanidine groups is 1. The van der Waals surface area contributed by atoms with Gasteiger partial charge in [0.2, 0.25) is 5.95 Å². The molecule has 1 aromatic heterocycles. The number of aliphatic imine (C=N–C) groups is 1. The van der Waals surface area contributed by atoms with Crippen molar-refractivity contribution in [3.63, 3.8) is 0 Å². The number of fused-ring (bicyclic) bond motifs is 1. The Labute approximate surface area is 127 Å². The Morgan fingerprint density at radius 2 is 1.64 bits per heavy atom. The topological polar surface area (TPSA) is 81.1 Å². The van der Waals surface area contributed by atoms with Crippen LogP contribution in [0.1, 0.15) is 11.7 Å². The summed E-state index contributed by atoms with van der Waals surface area (Å²) >= 11 is 0. The zero-order valence-electron chi connectivity index (χ0n) is 11.7. The zero-order valence-corrected chi connectivity index (χ0v) is 11.7. The number of rotatable bonds is 2. The van der Waals surface area contributed by atoms with Gasteiger partial charge < -0.3 is 5.73 Å². The normalized spacial score (nSPS) is 16.5. The predicted octanol–water partition coefficient (Wildman–Crippen LogP) is 2.23. The largest absolute Gasteiger partial charge is 0.370 e. The second kappa shape index (κ2) is 5.00. The van der Waals surface area contributed by atoms with E-state index in [1.807, 2.05) is 60.7 Å². The van der Waals surface area contributed by atoms with E-state index >= 15 is 0 Å². The van der Waals surface area contributed by atoms with Crippen molar-refractivity contribution < 1.29 is 0 Å². The van der Waals surface area contributed by atoms with Gasteiger partial charge in [0.05, 0.1) is 0 Å². The van der Waals surface area contributed by atoms with Gasteiger partial charge in [0.1, 0.15) is 0 Å². The van der Waals surface area contributed by atoms with E-state index < -0.39 is 0 Å². The van der Waals surface area contributed by atoms with Crippen LogP contribution in [0.4, 0.5) is 5.95 Å². The SMILES string of the molecule is NC1=NC(c2ccccc2)n2nc(-c3ccccc3)nc2N1. The molecule has 108 valence electrons. The number of benzene rings is 2. The van der Waals surface area contributed by atoms with Gasteiger partial charge in [-0.25, -0.2) is 9.67 Å². The van der Waals surface area contributed by atoms with Crippen molar-refractivity contribution in [2.45, 2.75) is 6.17 Å². The molecule has 6 heteroatoms. The van der Waals surface area contributed by atoms with Crippen LogP contribution in [0.3, 0.4) is 0 Å². The lowest BCUT2D eigenvalue weighted by Gasteiger charge is -2.21. The van der Waals surface area contributed by atoms with Crippen molar-refractivity contribution in [1.82, 2.24) is 14.8 Å². The molecular formula is C16H14N6. The number of hydrogen-bond donors (Lipinski definition) is 2. The van der Waals surface area contributed by atoms with E-state index in [-0.39, 0.29) is 6.17 Å². The minimum atomic E-state index is -0.303. The zero-order chi connectivity index (χ0) is 14.9. The number of anilines is 1. The summed E-state index contributed by atoms with van der Waals surface area (Å²) in [6.45, 7) is 0. The molecule has 0 amide bonds. The fraction of sp³-hybridized carbons (Fsp3) is 0.0625. The van der Waals surface area contributed by atoms with Gasteiger partial charge in [-0.15, -0.1) is 5.10 Å². The molecule has 2 aromatic carbocycles. The number of hydrogen-bond acceptors (Lipinski definition) is 5. The lowest BCUT2D eigenvalue weighted by atomic mass is 10.2. The molecular weight excluding hydrogens is 276 g/mol. The van der Waals surface area contributed by atoms with Crippen molar-refractivity contribution in [1.29, 1.82) is 0 Å². The molecule has 0 radical (unpaired) electrons. The summed E-state index contributed by atoms with van der Waals surface area (Å²) in [5.74, 6) is 1.59. The number of nitrogens with one attached hydrogen (secondary N) is 1. The van der Waals surface area contributed by atoms with Crippen molar-refractivity contribution >= 4 is 11.9 Å². The lowest BCUT2D eigenvalue weighted by Crippen LogP contribution is -2.32. The van der Waals surface area contributed by atoms with Gasteiger partial charge in [-0.1, -0.05) is 60.7 Å². The van der Waals surface area contributed by atoms with Crippen LogP contribution in [-0.2, 0) is 0 Å². The van der Waals surface area contributed by atoms with Crippen LogP contribution in [0.5, 0.6) is 0 Å². The summed E-state index contributed by atoms with van der Waals surface area (Å²) in [4.78, 5) is 8.97. The molecule has 1 atom stereocenters. The lowest BCUT2D eigenvalue weighted by molar-refractivity contribution is 0.543. The molecule has 4 rings (SSSR count). The number of nitrogens with two attached hydrogens (primary N) is 1. The summed E-state index contributed by atoms with van der Waals surface area (Å²) in [7, 11) is 0. The average Bonchev–Trinajstić information content (AvgIpc) is 2.99. The van der Waals surface area contributed by atoms with Gasteiger partial charge in [-0.2, -0.15) is 4.98 Å². The first-order chi connectivity index (χ1) is 10.8. The Hall–Kier alpha value is -3.15. The molecule has 3 N–H and O–H groups in total. The van der Waals surface area contributed by atoms with Gasteiger partial charge in [0.25, 0.3) is 0 Å². The Morgan fingerprint density at radius 3 is 2.36 bits per heavy atom. The summed E-state index contributed by atoms with van der Waals surface area (Å²) in [5, 5.41) is 7.56. The van der Waals surface area contributed by atoms with Crippen LogP contribution in [-0.4, -0.2) is 20.7 Å². The Bertz CT molecular complexity index is 822. The van der Waals surface area contributed by atoms with Crippen LogP contribution in [0, 0.1) is 0 Å². The smallest absolute Gasteiger partial charge is 0.230 e. The van der Waals surface area contributed by atoms with Crippen LogP contribution in [0.15, 0.2) is 65.7 Å². The molecule has 1 aliphatic heterocycles. The third kappa shape index (κ3) is 2.10. The molecule has 0 saturated carbocycles. The molecule has 3 aromatic rings. The second-order valence-electron chi connectivity index (χ2n) is 4.99. The Balaban J connectivity index is 1.81. The van der Waals surface area contributed by atoms with E-state index in [4.69, 9.17) is 5.73 Å². The maximum atomic E-state index is 5.88. The molecule has 0 saturated heterocycles. The first-order valence-electron chi connectivity index (χ1n) is 6.98. The van der Waals surface area contributed by atoms with Gasteiger partial charge >= 0.3 is 0 Å². The van der Waals surface area contributed by atoms with Crippen LogP contribution in [0.25, 0.3) is 11.4 Å². The fourth-order valence-corrected chi connectivity index (χ4v) is 2.46. The molecule has 1 unspecified atom stereocenters. The van der Waals surface area contributed by atoms with E-state index in [2.05, 4.69) is 20.4 Å². The summed E-state index contributed by atoms with van der Waals surface area (Å²) < 4.78 is 1.76. The molecule has 0 bridgehead atoms. The van der Waals surface area contributed by atoms with Crippen molar-refractivity contribution in [2.24, 2.45) is 10.7 Å². The highest BCUT2D eigenvalue weighted by Crippen LogP contribution is 2.28. The van der Waals surface area contributed by atoms with Crippen LogP contribution >= 0.6 is 0 Å². The quantitative estimate of drug-likeness (QED) is 0.758. The second-order valence-corrected chi connectivity index (χ2v) is 4.99. The third-order valence-corrected chi connectivity index (χ3v) is 3.49. The van der Waals surface area contributed by atoms with E-state index in [1.54, 1.807) is 4.68 Å². The minimum Gasteiger partial charge on any atom is -0.370 e. The van der Waals surface area contributed by atoms with Crippen molar-refractivity contribution in [3.8, 4) is 11.4 Å². The van der Waals surface area contributed by atoms with E-state index in [9.17, 15) is 0 Å². The molecule has 0 spiro atoms. The highest BCUT2D eigenvalue weighted by Gasteiger charge is 2.24. The molecule has 0 aliphatic carbocycles. The molecule has 1 aliphatic rings. The van der Waals surface area contributed by atoms with Gasteiger partial charge in [-0.3, -0.25) is 5.32 Å². The van der Waals surface area contributed by atoms with Crippen LogP contribution < -0.4 is 11.1 Å². The highest BCUT2D eigenvalue weighted by atomic mass is 15.5. The first kappa shape index (κ1) is 12.6. The van der Waals surface area contributed by atoms with Gasteiger partial charge in [0.15, 0.2) is 17.9 Å². The summed E-state index contributed by atoms with van der Waals surface area (Å²) in [6, 6.07) is 19.7. The van der Waals surface area contributed by atoms with Gasteiger partial charge in [0, 0.05) is 5.56 Å². The Morgan fingerprint density at radius 1 is 0.955 bits per heavy atom. The minimum absolute atomic E-state index is 0.303. The van der Waals surface area contributed by atoms with Crippen molar-refractivity contribution in [2.75, 3.05) is 5.32 Å².